The van der Waals surface area contributed by atoms with E-state index in [1.165, 1.54) is 0 Å². The lowest BCUT2D eigenvalue weighted by atomic mass is 9.81. The summed E-state index contributed by atoms with van der Waals surface area (Å²) < 4.78 is 3.88. The second kappa shape index (κ2) is 17.5. The molecule has 0 amide bonds. The summed E-state index contributed by atoms with van der Waals surface area (Å²) in [7, 11) is 8.01. The van der Waals surface area contributed by atoms with Gasteiger partial charge < -0.3 is 0 Å². The Morgan fingerprint density at radius 3 is 1.69 bits per heavy atom. The summed E-state index contributed by atoms with van der Waals surface area (Å²) >= 11 is 0. The third-order valence-electron chi connectivity index (χ3n) is 0.821. The van der Waals surface area contributed by atoms with E-state index in [0.29, 0.717) is 0 Å². The van der Waals surface area contributed by atoms with Crippen LogP contribution in [0.25, 0.3) is 0 Å². The van der Waals surface area contributed by atoms with Crippen LogP contribution in [0.4, 0.5) is 0 Å². The molecule has 0 N–H and O–H groups in total. The maximum atomic E-state index is 3.70. The summed E-state index contributed by atoms with van der Waals surface area (Å²) in [5, 5.41) is 0. The van der Waals surface area contributed by atoms with Crippen molar-refractivity contribution < 1.29 is 9.15 Å². The molecule has 0 fully saturated rings. The molecular formula is C10H26BN2+2. The molecule has 0 atom stereocenters. The molecule has 0 aromatic rings. The number of hydrogen-bond donors (Lipinski definition) is 0. The standard InChI is InChI=1S/C6H14BN2.2C2H6/c1-8(2)5-7-6-9(3)4;2*1-2/h6H,1,5H2,2-4H3;2*1-2H3/q+2;;. The van der Waals surface area contributed by atoms with Crippen LogP contribution in [-0.4, -0.2) is 56.8 Å². The molecule has 0 bridgehead atoms. The van der Waals surface area contributed by atoms with Crippen LogP contribution < -0.4 is 0 Å². The highest BCUT2D eigenvalue weighted by Gasteiger charge is 1.95. The molecule has 0 saturated carbocycles. The summed E-state index contributed by atoms with van der Waals surface area (Å²) in [5.41, 5.74) is 0. The summed E-state index contributed by atoms with van der Waals surface area (Å²) in [6, 6.07) is 0. The Balaban J connectivity index is -0.000000218. The zero-order chi connectivity index (χ0) is 11.3. The topological polar surface area (TPSA) is 6.02 Å². The molecule has 0 heterocycles. The van der Waals surface area contributed by atoms with Crippen molar-refractivity contribution in [3.63, 3.8) is 0 Å². The van der Waals surface area contributed by atoms with E-state index in [2.05, 4.69) is 14.0 Å². The first-order valence-corrected chi connectivity index (χ1v) is 4.97. The molecule has 0 aromatic heterocycles. The molecule has 0 rings (SSSR count). The van der Waals surface area contributed by atoms with Crippen LogP contribution in [0.15, 0.2) is 0 Å². The Hall–Kier alpha value is -0.595. The highest BCUT2D eigenvalue weighted by atomic mass is 14.9. The van der Waals surface area contributed by atoms with E-state index < -0.39 is 0 Å². The molecule has 0 spiro atoms. The Morgan fingerprint density at radius 2 is 1.46 bits per heavy atom. The second-order valence-corrected chi connectivity index (χ2v) is 2.39. The van der Waals surface area contributed by atoms with Crippen molar-refractivity contribution in [1.82, 2.24) is 0 Å². The third-order valence-corrected chi connectivity index (χ3v) is 0.821. The maximum absolute atomic E-state index is 3.70. The van der Waals surface area contributed by atoms with E-state index in [0.717, 1.165) is 6.44 Å². The summed E-state index contributed by atoms with van der Waals surface area (Å²) in [6.07, 6.45) is 2.92. The lowest BCUT2D eigenvalue weighted by Gasteiger charge is -1.85. The number of rotatable bonds is 3. The monoisotopic (exact) mass is 185 g/mol. The van der Waals surface area contributed by atoms with Gasteiger partial charge in [0.15, 0.2) is 0 Å². The van der Waals surface area contributed by atoms with Gasteiger partial charge in [0, 0.05) is 0 Å². The molecule has 0 aromatic carbocycles. The van der Waals surface area contributed by atoms with E-state index >= 15 is 0 Å². The molecule has 2 nitrogen and oxygen atoms in total. The first kappa shape index (κ1) is 18.2. The van der Waals surface area contributed by atoms with Gasteiger partial charge in [0.2, 0.25) is 0 Å². The lowest BCUT2D eigenvalue weighted by Crippen LogP contribution is -2.16. The number of nitrogens with zero attached hydrogens (tertiary/aromatic N) is 2. The maximum Gasteiger partial charge on any atom is 0.316 e. The fourth-order valence-electron chi connectivity index (χ4n) is 0.438. The van der Waals surface area contributed by atoms with Crippen molar-refractivity contribution in [2.24, 2.45) is 0 Å². The molecule has 0 aliphatic heterocycles. The van der Waals surface area contributed by atoms with Gasteiger partial charge in [0.25, 0.3) is 0 Å². The SMILES string of the molecule is C=[N+](C)C[B]C=[N+](C)C.CC.CC. The van der Waals surface area contributed by atoms with Crippen molar-refractivity contribution >= 4 is 20.1 Å². The Morgan fingerprint density at radius 1 is 1.08 bits per heavy atom. The summed E-state index contributed by atoms with van der Waals surface area (Å²) in [6.45, 7) is 11.7. The molecule has 0 aliphatic carbocycles. The van der Waals surface area contributed by atoms with E-state index in [9.17, 15) is 0 Å². The Bertz CT molecular complexity index is 127. The zero-order valence-corrected chi connectivity index (χ0v) is 10.5. The highest BCUT2D eigenvalue weighted by molar-refractivity contribution is 6.66. The predicted molar refractivity (Wildman–Crippen MR) is 64.8 cm³/mol. The van der Waals surface area contributed by atoms with Crippen LogP contribution in [-0.2, 0) is 0 Å². The third kappa shape index (κ3) is 34.5. The van der Waals surface area contributed by atoms with Crippen molar-refractivity contribution in [3.8, 4) is 0 Å². The van der Waals surface area contributed by atoms with Gasteiger partial charge in [-0.2, -0.15) is 0 Å². The van der Waals surface area contributed by atoms with E-state index in [1.54, 1.807) is 0 Å². The van der Waals surface area contributed by atoms with Crippen LogP contribution in [0.5, 0.6) is 0 Å². The molecule has 13 heavy (non-hydrogen) atoms. The fourth-order valence-corrected chi connectivity index (χ4v) is 0.438. The minimum atomic E-state index is 0.901. The molecule has 3 heteroatoms. The summed E-state index contributed by atoms with van der Waals surface area (Å²) in [5.74, 6) is 0. The molecule has 0 unspecified atom stereocenters. The van der Waals surface area contributed by atoms with Crippen molar-refractivity contribution in [1.29, 1.82) is 0 Å². The van der Waals surface area contributed by atoms with Crippen molar-refractivity contribution in [2.45, 2.75) is 27.7 Å². The molecule has 77 valence electrons. The van der Waals surface area contributed by atoms with Crippen LogP contribution in [0, 0.1) is 0 Å². The van der Waals surface area contributed by atoms with Gasteiger partial charge in [-0.3, -0.25) is 9.15 Å². The normalized spacial score (nSPS) is 6.69. The lowest BCUT2D eigenvalue weighted by molar-refractivity contribution is -0.471. The average Bonchev–Trinajstić information content (AvgIpc) is 2.10. The zero-order valence-electron chi connectivity index (χ0n) is 10.5. The highest BCUT2D eigenvalue weighted by Crippen LogP contribution is 1.59. The van der Waals surface area contributed by atoms with E-state index in [1.807, 2.05) is 64.1 Å². The first-order chi connectivity index (χ1) is 6.13. The summed E-state index contributed by atoms with van der Waals surface area (Å²) in [4.78, 5) is 0. The van der Waals surface area contributed by atoms with Gasteiger partial charge in [0.05, 0.1) is 6.11 Å². The molecule has 0 aliphatic rings. The minimum absolute atomic E-state index is 0.901. The van der Waals surface area contributed by atoms with Crippen molar-refractivity contribution in [3.05, 3.63) is 0 Å². The van der Waals surface area contributed by atoms with Gasteiger partial charge in [-0.05, 0) is 0 Å². The molecule has 1 radical (unpaired) electrons. The van der Waals surface area contributed by atoms with E-state index in [4.69, 9.17) is 0 Å². The quantitative estimate of drug-likeness (QED) is 0.355. The van der Waals surface area contributed by atoms with Gasteiger partial charge in [-0.15, -0.1) is 0 Å². The van der Waals surface area contributed by atoms with Gasteiger partial charge in [-0.1, -0.05) is 27.7 Å². The number of hydrogen-bond acceptors (Lipinski definition) is 0. The minimum Gasteiger partial charge on any atom is -0.254 e. The predicted octanol–water partition coefficient (Wildman–Crippen LogP) is 1.34. The second-order valence-electron chi connectivity index (χ2n) is 2.39. The van der Waals surface area contributed by atoms with Crippen LogP contribution in [0.3, 0.4) is 0 Å². The van der Waals surface area contributed by atoms with Gasteiger partial charge in [0.1, 0.15) is 34.3 Å². The molecular weight excluding hydrogens is 159 g/mol. The fraction of sp³-hybridized carbons (Fsp3) is 0.800. The van der Waals surface area contributed by atoms with Gasteiger partial charge >= 0.3 is 7.28 Å². The Kier molecular flexibility index (Phi) is 24.5. The van der Waals surface area contributed by atoms with Crippen molar-refractivity contribution in [2.75, 3.05) is 27.6 Å². The van der Waals surface area contributed by atoms with Crippen LogP contribution in [0.1, 0.15) is 27.7 Å². The molecule has 0 saturated heterocycles. The van der Waals surface area contributed by atoms with Gasteiger partial charge in [-0.25, -0.2) is 0 Å². The van der Waals surface area contributed by atoms with Crippen LogP contribution in [0.2, 0.25) is 0 Å². The average molecular weight is 185 g/mol. The Labute approximate surface area is 85.2 Å². The van der Waals surface area contributed by atoms with E-state index in [-0.39, 0.29) is 0 Å². The smallest absolute Gasteiger partial charge is 0.254 e. The van der Waals surface area contributed by atoms with Crippen LogP contribution >= 0.6 is 0 Å². The first-order valence-electron chi connectivity index (χ1n) is 4.97. The largest absolute Gasteiger partial charge is 0.316 e.